The van der Waals surface area contributed by atoms with Crippen molar-refractivity contribution < 1.29 is 23.1 Å². The van der Waals surface area contributed by atoms with Gasteiger partial charge in [0.05, 0.1) is 6.04 Å². The minimum atomic E-state index is -0.400. The molecule has 1 aliphatic rings. The SMILES string of the molecule is CC(C)CNC(=O)c1ccc(COc2ccc3c(c2)[C@@H](c2cccc(F)c2)N(C(=O)C(C)C)CC3)o1. The number of rotatable bonds is 8. The molecule has 1 aliphatic heterocycles. The van der Waals surface area contributed by atoms with Gasteiger partial charge in [-0.3, -0.25) is 9.59 Å². The topological polar surface area (TPSA) is 71.8 Å². The Balaban J connectivity index is 1.56. The highest BCUT2D eigenvalue weighted by atomic mass is 19.1. The van der Waals surface area contributed by atoms with E-state index in [1.165, 1.54) is 12.1 Å². The first-order valence-corrected chi connectivity index (χ1v) is 12.4. The van der Waals surface area contributed by atoms with E-state index in [0.29, 0.717) is 36.9 Å². The summed E-state index contributed by atoms with van der Waals surface area (Å²) in [5, 5.41) is 2.83. The lowest BCUT2D eigenvalue weighted by molar-refractivity contribution is -0.136. The zero-order valence-corrected chi connectivity index (χ0v) is 21.2. The molecule has 1 N–H and O–H groups in total. The van der Waals surface area contributed by atoms with Crippen LogP contribution in [0.3, 0.4) is 0 Å². The molecule has 2 heterocycles. The van der Waals surface area contributed by atoms with E-state index in [4.69, 9.17) is 9.15 Å². The van der Waals surface area contributed by atoms with Gasteiger partial charge in [-0.25, -0.2) is 4.39 Å². The number of hydrogen-bond donors (Lipinski definition) is 1. The maximum Gasteiger partial charge on any atom is 0.287 e. The third kappa shape index (κ3) is 5.78. The largest absolute Gasteiger partial charge is 0.486 e. The quantitative estimate of drug-likeness (QED) is 0.450. The van der Waals surface area contributed by atoms with Crippen LogP contribution in [0, 0.1) is 17.7 Å². The molecule has 0 saturated heterocycles. The molecule has 0 radical (unpaired) electrons. The molecule has 6 nitrogen and oxygen atoms in total. The molecule has 1 aromatic heterocycles. The minimum absolute atomic E-state index is 0.0279. The van der Waals surface area contributed by atoms with E-state index in [-0.39, 0.29) is 35.9 Å². The van der Waals surface area contributed by atoms with Crippen molar-refractivity contribution in [3.8, 4) is 5.75 Å². The van der Waals surface area contributed by atoms with Crippen molar-refractivity contribution in [2.24, 2.45) is 11.8 Å². The summed E-state index contributed by atoms with van der Waals surface area (Å²) in [6.07, 6.45) is 0.715. The molecule has 190 valence electrons. The maximum atomic E-state index is 14.2. The summed E-state index contributed by atoms with van der Waals surface area (Å²) in [6.45, 7) is 9.09. The number of halogens is 1. The lowest BCUT2D eigenvalue weighted by Gasteiger charge is -2.39. The summed E-state index contributed by atoms with van der Waals surface area (Å²) in [4.78, 5) is 27.1. The van der Waals surface area contributed by atoms with Crippen LogP contribution in [0.2, 0.25) is 0 Å². The van der Waals surface area contributed by atoms with Crippen molar-refractivity contribution >= 4 is 11.8 Å². The van der Waals surface area contributed by atoms with E-state index in [2.05, 4.69) is 5.32 Å². The Morgan fingerprint density at radius 1 is 1.11 bits per heavy atom. The molecule has 2 aromatic carbocycles. The second-order valence-electron chi connectivity index (χ2n) is 9.91. The molecule has 1 atom stereocenters. The number of benzene rings is 2. The smallest absolute Gasteiger partial charge is 0.287 e. The molecule has 0 fully saturated rings. The van der Waals surface area contributed by atoms with Crippen LogP contribution >= 0.6 is 0 Å². The third-order valence-corrected chi connectivity index (χ3v) is 6.22. The monoisotopic (exact) mass is 492 g/mol. The molecule has 0 unspecified atom stereocenters. The Bertz CT molecular complexity index is 1230. The summed E-state index contributed by atoms with van der Waals surface area (Å²) in [6, 6.07) is 15.2. The molecule has 7 heteroatoms. The molecule has 0 aliphatic carbocycles. The molecule has 2 amide bonds. The van der Waals surface area contributed by atoms with Crippen LogP contribution in [-0.4, -0.2) is 29.8 Å². The van der Waals surface area contributed by atoms with E-state index >= 15 is 0 Å². The van der Waals surface area contributed by atoms with Crippen LogP contribution in [0.25, 0.3) is 0 Å². The van der Waals surface area contributed by atoms with Crippen molar-refractivity contribution in [1.29, 1.82) is 0 Å². The molecule has 0 bridgehead atoms. The number of carbonyl (C=O) groups is 2. The third-order valence-electron chi connectivity index (χ3n) is 6.22. The van der Waals surface area contributed by atoms with Gasteiger partial charge in [0.15, 0.2) is 5.76 Å². The van der Waals surface area contributed by atoms with Crippen LogP contribution in [-0.2, 0) is 17.8 Å². The van der Waals surface area contributed by atoms with E-state index in [1.807, 2.05) is 56.9 Å². The molecular weight excluding hydrogens is 459 g/mol. The highest BCUT2D eigenvalue weighted by Crippen LogP contribution is 2.38. The number of furan rings is 1. The highest BCUT2D eigenvalue weighted by Gasteiger charge is 2.33. The molecule has 0 spiro atoms. The second-order valence-corrected chi connectivity index (χ2v) is 9.91. The van der Waals surface area contributed by atoms with Crippen molar-refractivity contribution in [1.82, 2.24) is 10.2 Å². The normalized spacial score (nSPS) is 15.2. The summed E-state index contributed by atoms with van der Waals surface area (Å²) in [5.41, 5.74) is 2.75. The van der Waals surface area contributed by atoms with Gasteiger partial charge >= 0.3 is 0 Å². The molecule has 0 saturated carbocycles. The molecule has 4 rings (SSSR count). The van der Waals surface area contributed by atoms with Crippen LogP contribution in [0.1, 0.15) is 66.7 Å². The Labute approximate surface area is 211 Å². The Kier molecular flexibility index (Phi) is 7.77. The Hall–Kier alpha value is -3.61. The van der Waals surface area contributed by atoms with E-state index < -0.39 is 6.04 Å². The van der Waals surface area contributed by atoms with Gasteiger partial charge < -0.3 is 19.4 Å². The van der Waals surface area contributed by atoms with Gasteiger partial charge in [-0.05, 0) is 65.4 Å². The van der Waals surface area contributed by atoms with Crippen molar-refractivity contribution in [2.45, 2.75) is 46.8 Å². The van der Waals surface area contributed by atoms with Crippen LogP contribution < -0.4 is 10.1 Å². The fraction of sp³-hybridized carbons (Fsp3) is 0.379. The summed E-state index contributed by atoms with van der Waals surface area (Å²) >= 11 is 0. The van der Waals surface area contributed by atoms with Gasteiger partial charge in [-0.2, -0.15) is 0 Å². The standard InChI is InChI=1S/C29H33FN2O4/c1-18(2)16-31-28(33)26-11-10-24(36-26)17-35-23-9-8-20-12-13-32(29(34)19(3)4)27(25(20)15-23)21-6-5-7-22(30)14-21/h5-11,14-15,18-19,27H,12-13,16-17H2,1-4H3,(H,31,33)/t27-/m1/s1. The fourth-order valence-electron chi connectivity index (χ4n) is 4.40. The summed E-state index contributed by atoms with van der Waals surface area (Å²) in [5.74, 6) is 0.990. The summed E-state index contributed by atoms with van der Waals surface area (Å²) < 4.78 is 25.8. The zero-order valence-electron chi connectivity index (χ0n) is 21.2. The first-order chi connectivity index (χ1) is 17.2. The van der Waals surface area contributed by atoms with E-state index in [0.717, 1.165) is 16.7 Å². The van der Waals surface area contributed by atoms with Crippen molar-refractivity contribution in [3.63, 3.8) is 0 Å². The number of nitrogens with one attached hydrogen (secondary N) is 1. The van der Waals surface area contributed by atoms with Gasteiger partial charge in [0, 0.05) is 19.0 Å². The number of fused-ring (bicyclic) bond motifs is 1. The van der Waals surface area contributed by atoms with Gasteiger partial charge in [-0.1, -0.05) is 45.9 Å². The van der Waals surface area contributed by atoms with Crippen LogP contribution in [0.15, 0.2) is 59.0 Å². The molecule has 36 heavy (non-hydrogen) atoms. The fourth-order valence-corrected chi connectivity index (χ4v) is 4.40. The average Bonchev–Trinajstić information content (AvgIpc) is 3.34. The number of nitrogens with zero attached hydrogens (tertiary/aromatic N) is 1. The Morgan fingerprint density at radius 3 is 2.64 bits per heavy atom. The van der Waals surface area contributed by atoms with Gasteiger partial charge in [0.25, 0.3) is 5.91 Å². The first-order valence-electron chi connectivity index (χ1n) is 12.4. The number of carbonyl (C=O) groups excluding carboxylic acids is 2. The maximum absolute atomic E-state index is 14.2. The second kappa shape index (κ2) is 11.0. The minimum Gasteiger partial charge on any atom is -0.486 e. The first kappa shape index (κ1) is 25.5. The number of ether oxygens (including phenoxy) is 1. The lowest BCUT2D eigenvalue weighted by Crippen LogP contribution is -2.42. The van der Waals surface area contributed by atoms with E-state index in [1.54, 1.807) is 18.2 Å². The van der Waals surface area contributed by atoms with Gasteiger partial charge in [0.1, 0.15) is 23.9 Å². The zero-order chi connectivity index (χ0) is 25.8. The summed E-state index contributed by atoms with van der Waals surface area (Å²) in [7, 11) is 0. The van der Waals surface area contributed by atoms with Crippen LogP contribution in [0.4, 0.5) is 4.39 Å². The van der Waals surface area contributed by atoms with Crippen LogP contribution in [0.5, 0.6) is 5.75 Å². The van der Waals surface area contributed by atoms with E-state index in [9.17, 15) is 14.0 Å². The van der Waals surface area contributed by atoms with Crippen molar-refractivity contribution in [3.05, 3.63) is 88.6 Å². The molecular formula is C29H33FN2O4. The predicted molar refractivity (Wildman–Crippen MR) is 135 cm³/mol. The Morgan fingerprint density at radius 2 is 1.92 bits per heavy atom. The number of amides is 2. The number of hydrogen-bond acceptors (Lipinski definition) is 4. The predicted octanol–water partition coefficient (Wildman–Crippen LogP) is 5.51. The molecule has 3 aromatic rings. The lowest BCUT2D eigenvalue weighted by atomic mass is 9.87. The highest BCUT2D eigenvalue weighted by molar-refractivity contribution is 5.91. The van der Waals surface area contributed by atoms with Crippen molar-refractivity contribution in [2.75, 3.05) is 13.1 Å². The van der Waals surface area contributed by atoms with Gasteiger partial charge in [0.2, 0.25) is 5.91 Å². The average molecular weight is 493 g/mol. The van der Waals surface area contributed by atoms with Gasteiger partial charge in [-0.15, -0.1) is 0 Å².